The number of aromatic nitrogens is 2. The molecule has 1 aromatic heterocycles. The predicted molar refractivity (Wildman–Crippen MR) is 83.6 cm³/mol. The van der Waals surface area contributed by atoms with Gasteiger partial charge in [0.2, 0.25) is 11.8 Å². The van der Waals surface area contributed by atoms with Crippen LogP contribution < -0.4 is 0 Å². The van der Waals surface area contributed by atoms with Crippen molar-refractivity contribution in [3.63, 3.8) is 0 Å². The lowest BCUT2D eigenvalue weighted by atomic mass is 10.1. The van der Waals surface area contributed by atoms with Crippen LogP contribution in [0.15, 0.2) is 52.9 Å². The summed E-state index contributed by atoms with van der Waals surface area (Å²) in [7, 11) is 0. The number of nitrogens with zero attached hydrogens (tertiary/aromatic N) is 2. The molecule has 0 amide bonds. The van der Waals surface area contributed by atoms with Crippen LogP contribution in [0, 0.1) is 6.92 Å². The van der Waals surface area contributed by atoms with Crippen LogP contribution in [0.5, 0.6) is 0 Å². The molecular weight excluding hydrogens is 307 g/mol. The molecule has 0 aliphatic heterocycles. The van der Waals surface area contributed by atoms with Crippen LogP contribution in [-0.2, 0) is 0 Å². The fourth-order valence-electron chi connectivity index (χ4n) is 2.08. The Bertz CT molecular complexity index is 756. The van der Waals surface area contributed by atoms with Gasteiger partial charge in [-0.1, -0.05) is 41.9 Å². The molecule has 0 N–H and O–H groups in total. The molecule has 2 aromatic carbocycles. The monoisotopic (exact) mass is 318 g/mol. The Balaban J connectivity index is 1.93. The largest absolute Gasteiger partial charge is 0.419 e. The molecule has 21 heavy (non-hydrogen) atoms. The third-order valence-corrected chi connectivity index (χ3v) is 3.84. The molecule has 1 atom stereocenters. The molecule has 0 radical (unpaired) electrons. The maximum absolute atomic E-state index is 6.38. The minimum atomic E-state index is -0.458. The molecule has 1 unspecified atom stereocenters. The molecule has 0 saturated heterocycles. The van der Waals surface area contributed by atoms with E-state index >= 15 is 0 Å². The second-order valence-electron chi connectivity index (χ2n) is 4.68. The maximum atomic E-state index is 6.38. The third kappa shape index (κ3) is 2.94. The van der Waals surface area contributed by atoms with Gasteiger partial charge in [0.25, 0.3) is 0 Å². The zero-order chi connectivity index (χ0) is 14.8. The van der Waals surface area contributed by atoms with E-state index in [1.165, 1.54) is 0 Å². The maximum Gasteiger partial charge on any atom is 0.248 e. The molecule has 0 spiro atoms. The fraction of sp³-hybridized carbons (Fsp3) is 0.125. The van der Waals surface area contributed by atoms with Gasteiger partial charge in [-0.25, -0.2) is 0 Å². The third-order valence-electron chi connectivity index (χ3n) is 3.17. The highest BCUT2D eigenvalue weighted by atomic mass is 35.5. The number of halogens is 2. The van der Waals surface area contributed by atoms with Gasteiger partial charge in [-0.05, 0) is 36.2 Å². The van der Waals surface area contributed by atoms with E-state index in [1.54, 1.807) is 6.07 Å². The van der Waals surface area contributed by atoms with E-state index in [1.807, 2.05) is 49.4 Å². The van der Waals surface area contributed by atoms with E-state index in [0.717, 1.165) is 16.7 Å². The summed E-state index contributed by atoms with van der Waals surface area (Å²) in [4.78, 5) is 0. The van der Waals surface area contributed by atoms with Crippen LogP contribution >= 0.6 is 23.2 Å². The molecule has 0 aliphatic rings. The normalized spacial score (nSPS) is 12.3. The van der Waals surface area contributed by atoms with E-state index in [4.69, 9.17) is 27.6 Å². The van der Waals surface area contributed by atoms with Crippen LogP contribution in [0.25, 0.3) is 11.5 Å². The Labute approximate surface area is 132 Å². The van der Waals surface area contributed by atoms with Crippen molar-refractivity contribution in [2.75, 3.05) is 0 Å². The van der Waals surface area contributed by atoms with E-state index in [-0.39, 0.29) is 0 Å². The van der Waals surface area contributed by atoms with Gasteiger partial charge in [-0.15, -0.1) is 21.8 Å². The van der Waals surface area contributed by atoms with Crippen molar-refractivity contribution in [2.24, 2.45) is 0 Å². The summed E-state index contributed by atoms with van der Waals surface area (Å²) in [6.07, 6.45) is 0. The number of alkyl halides is 1. The molecule has 5 heteroatoms. The molecule has 0 saturated carbocycles. The summed E-state index contributed by atoms with van der Waals surface area (Å²) >= 11 is 12.3. The average molecular weight is 319 g/mol. The van der Waals surface area contributed by atoms with Crippen molar-refractivity contribution >= 4 is 23.2 Å². The summed E-state index contributed by atoms with van der Waals surface area (Å²) < 4.78 is 5.71. The number of hydrogen-bond acceptors (Lipinski definition) is 3. The topological polar surface area (TPSA) is 38.9 Å². The molecule has 3 aromatic rings. The standard InChI is InChI=1S/C16H12Cl2N2O/c1-10-9-12(17)7-8-13(10)15-19-20-16(21-15)14(18)11-5-3-2-4-6-11/h2-9,14H,1H3. The Morgan fingerprint density at radius 3 is 2.52 bits per heavy atom. The quantitative estimate of drug-likeness (QED) is 0.636. The highest BCUT2D eigenvalue weighted by Gasteiger charge is 2.19. The van der Waals surface area contributed by atoms with E-state index < -0.39 is 5.38 Å². The molecule has 1 heterocycles. The van der Waals surface area contributed by atoms with Gasteiger partial charge in [0.15, 0.2) is 0 Å². The molecular formula is C16H12Cl2N2O. The second kappa shape index (κ2) is 5.88. The van der Waals surface area contributed by atoms with Gasteiger partial charge in [0.05, 0.1) is 0 Å². The van der Waals surface area contributed by atoms with Crippen molar-refractivity contribution in [2.45, 2.75) is 12.3 Å². The molecule has 106 valence electrons. The zero-order valence-electron chi connectivity index (χ0n) is 11.3. The average Bonchev–Trinajstić information content (AvgIpc) is 2.97. The summed E-state index contributed by atoms with van der Waals surface area (Å²) in [6.45, 7) is 1.94. The minimum Gasteiger partial charge on any atom is -0.419 e. The van der Waals surface area contributed by atoms with Crippen LogP contribution in [0.4, 0.5) is 0 Å². The van der Waals surface area contributed by atoms with Crippen LogP contribution in [-0.4, -0.2) is 10.2 Å². The SMILES string of the molecule is Cc1cc(Cl)ccc1-c1nnc(C(Cl)c2ccccc2)o1. The Kier molecular flexibility index (Phi) is 3.95. The van der Waals surface area contributed by atoms with E-state index in [0.29, 0.717) is 16.8 Å². The summed E-state index contributed by atoms with van der Waals surface area (Å²) in [5.41, 5.74) is 2.75. The van der Waals surface area contributed by atoms with E-state index in [9.17, 15) is 0 Å². The molecule has 0 bridgehead atoms. The van der Waals surface area contributed by atoms with Crippen LogP contribution in [0.1, 0.15) is 22.4 Å². The molecule has 0 fully saturated rings. The Morgan fingerprint density at radius 2 is 1.81 bits per heavy atom. The minimum absolute atomic E-state index is 0.382. The smallest absolute Gasteiger partial charge is 0.248 e. The van der Waals surface area contributed by atoms with Gasteiger partial charge < -0.3 is 4.42 Å². The fourth-order valence-corrected chi connectivity index (χ4v) is 2.54. The molecule has 0 aliphatic carbocycles. The van der Waals surface area contributed by atoms with Crippen LogP contribution in [0.2, 0.25) is 5.02 Å². The molecule has 3 nitrogen and oxygen atoms in total. The van der Waals surface area contributed by atoms with Gasteiger partial charge in [-0.3, -0.25) is 0 Å². The second-order valence-corrected chi connectivity index (χ2v) is 5.55. The highest BCUT2D eigenvalue weighted by Crippen LogP contribution is 2.31. The van der Waals surface area contributed by atoms with Crippen molar-refractivity contribution in [1.29, 1.82) is 0 Å². The van der Waals surface area contributed by atoms with Gasteiger partial charge >= 0.3 is 0 Å². The first-order chi connectivity index (χ1) is 10.1. The predicted octanol–water partition coefficient (Wildman–Crippen LogP) is 5.03. The first-order valence-electron chi connectivity index (χ1n) is 6.44. The summed E-state index contributed by atoms with van der Waals surface area (Å²) in [6, 6.07) is 15.1. The van der Waals surface area contributed by atoms with Crippen molar-refractivity contribution in [3.05, 3.63) is 70.6 Å². The number of hydrogen-bond donors (Lipinski definition) is 0. The van der Waals surface area contributed by atoms with Crippen LogP contribution in [0.3, 0.4) is 0 Å². The number of aryl methyl sites for hydroxylation is 1. The first kappa shape index (κ1) is 14.1. The van der Waals surface area contributed by atoms with Gasteiger partial charge in [-0.2, -0.15) is 0 Å². The highest BCUT2D eigenvalue weighted by molar-refractivity contribution is 6.30. The summed E-state index contributed by atoms with van der Waals surface area (Å²) in [5, 5.41) is 8.35. The first-order valence-corrected chi connectivity index (χ1v) is 7.25. The number of benzene rings is 2. The number of rotatable bonds is 3. The Hall–Kier alpha value is -1.84. The van der Waals surface area contributed by atoms with Gasteiger partial charge in [0.1, 0.15) is 5.38 Å². The lowest BCUT2D eigenvalue weighted by molar-refractivity contribution is 0.513. The van der Waals surface area contributed by atoms with E-state index in [2.05, 4.69) is 10.2 Å². The molecule has 3 rings (SSSR count). The lowest BCUT2D eigenvalue weighted by Gasteiger charge is -2.04. The van der Waals surface area contributed by atoms with Gasteiger partial charge in [0, 0.05) is 10.6 Å². The van der Waals surface area contributed by atoms with Crippen molar-refractivity contribution in [3.8, 4) is 11.5 Å². The summed E-state index contributed by atoms with van der Waals surface area (Å²) in [5.74, 6) is 0.827. The van der Waals surface area contributed by atoms with Crippen molar-refractivity contribution in [1.82, 2.24) is 10.2 Å². The zero-order valence-corrected chi connectivity index (χ0v) is 12.8. The lowest BCUT2D eigenvalue weighted by Crippen LogP contribution is -1.92. The Morgan fingerprint density at radius 1 is 1.05 bits per heavy atom. The van der Waals surface area contributed by atoms with Crippen molar-refractivity contribution < 1.29 is 4.42 Å².